The van der Waals surface area contributed by atoms with E-state index in [1.54, 1.807) is 7.11 Å². The SMILES string of the molecule is COc1cccc2ccc(NCC3(N(C)C)CCCCC3)nc12.O=CO. The third-order valence-electron chi connectivity index (χ3n) is 5.23. The van der Waals surface area contributed by atoms with Crippen molar-refractivity contribution in [1.82, 2.24) is 9.88 Å². The number of likely N-dealkylation sites (N-methyl/N-ethyl adjacent to an activating group) is 1. The minimum Gasteiger partial charge on any atom is -0.494 e. The minimum absolute atomic E-state index is 0.246. The first-order valence-corrected chi connectivity index (χ1v) is 8.99. The quantitative estimate of drug-likeness (QED) is 0.794. The van der Waals surface area contributed by atoms with E-state index in [2.05, 4.69) is 42.5 Å². The van der Waals surface area contributed by atoms with Gasteiger partial charge in [-0.1, -0.05) is 31.4 Å². The Morgan fingerprint density at radius 2 is 1.92 bits per heavy atom. The summed E-state index contributed by atoms with van der Waals surface area (Å²) in [6, 6.07) is 10.2. The van der Waals surface area contributed by atoms with E-state index in [1.807, 2.05) is 12.1 Å². The van der Waals surface area contributed by atoms with Crippen molar-refractivity contribution in [3.63, 3.8) is 0 Å². The number of nitrogens with one attached hydrogen (secondary N) is 1. The number of rotatable bonds is 5. The van der Waals surface area contributed by atoms with Crippen LogP contribution in [0.4, 0.5) is 5.82 Å². The van der Waals surface area contributed by atoms with Crippen molar-refractivity contribution < 1.29 is 14.6 Å². The van der Waals surface area contributed by atoms with Crippen LogP contribution in [-0.2, 0) is 4.79 Å². The van der Waals surface area contributed by atoms with Crippen LogP contribution in [0.25, 0.3) is 10.9 Å². The molecule has 0 unspecified atom stereocenters. The lowest BCUT2D eigenvalue weighted by atomic mass is 9.80. The maximum absolute atomic E-state index is 8.36. The zero-order valence-corrected chi connectivity index (χ0v) is 15.9. The maximum Gasteiger partial charge on any atom is 0.290 e. The fraction of sp³-hybridized carbons (Fsp3) is 0.500. The van der Waals surface area contributed by atoms with Gasteiger partial charge in [0.25, 0.3) is 6.47 Å². The van der Waals surface area contributed by atoms with E-state index in [0.29, 0.717) is 0 Å². The summed E-state index contributed by atoms with van der Waals surface area (Å²) >= 11 is 0. The Balaban J connectivity index is 0.000000758. The summed E-state index contributed by atoms with van der Waals surface area (Å²) in [6.45, 7) is 0.688. The van der Waals surface area contributed by atoms with Gasteiger partial charge >= 0.3 is 0 Å². The molecular weight excluding hydrogens is 330 g/mol. The lowest BCUT2D eigenvalue weighted by Gasteiger charge is -2.43. The molecule has 1 aromatic heterocycles. The Morgan fingerprint density at radius 1 is 1.23 bits per heavy atom. The van der Waals surface area contributed by atoms with Crippen LogP contribution in [0.15, 0.2) is 30.3 Å². The average molecular weight is 359 g/mol. The van der Waals surface area contributed by atoms with E-state index in [1.165, 1.54) is 32.1 Å². The predicted octanol–water partition coefficient (Wildman–Crippen LogP) is 3.62. The first-order valence-electron chi connectivity index (χ1n) is 8.99. The second-order valence-corrected chi connectivity index (χ2v) is 6.87. The van der Waals surface area contributed by atoms with Crippen LogP contribution in [0, 0.1) is 0 Å². The minimum atomic E-state index is -0.250. The summed E-state index contributed by atoms with van der Waals surface area (Å²) < 4.78 is 5.44. The van der Waals surface area contributed by atoms with Crippen molar-refractivity contribution >= 4 is 23.2 Å². The highest BCUT2D eigenvalue weighted by Gasteiger charge is 2.33. The zero-order valence-electron chi connectivity index (χ0n) is 15.9. The molecule has 0 radical (unpaired) electrons. The largest absolute Gasteiger partial charge is 0.494 e. The lowest BCUT2D eigenvalue weighted by Crippen LogP contribution is -2.51. The number of aromatic nitrogens is 1. The Kier molecular flexibility index (Phi) is 7.21. The number of methoxy groups -OCH3 is 1. The number of anilines is 1. The lowest BCUT2D eigenvalue weighted by molar-refractivity contribution is -0.122. The van der Waals surface area contributed by atoms with Crippen molar-refractivity contribution in [2.24, 2.45) is 0 Å². The third-order valence-corrected chi connectivity index (χ3v) is 5.23. The molecular formula is C20H29N3O3. The van der Waals surface area contributed by atoms with Crippen molar-refractivity contribution in [1.29, 1.82) is 0 Å². The third kappa shape index (κ3) is 4.64. The summed E-state index contributed by atoms with van der Waals surface area (Å²) in [5.74, 6) is 1.75. The molecule has 0 amide bonds. The molecule has 2 N–H and O–H groups in total. The van der Waals surface area contributed by atoms with Gasteiger partial charge in [0.05, 0.1) is 7.11 Å². The van der Waals surface area contributed by atoms with Gasteiger partial charge in [0, 0.05) is 17.5 Å². The predicted molar refractivity (Wildman–Crippen MR) is 105 cm³/mol. The summed E-state index contributed by atoms with van der Waals surface area (Å²) in [7, 11) is 6.09. The number of benzene rings is 1. The second kappa shape index (κ2) is 9.38. The molecule has 0 spiro atoms. The van der Waals surface area contributed by atoms with Gasteiger partial charge in [-0.3, -0.25) is 4.79 Å². The average Bonchev–Trinajstić information content (AvgIpc) is 2.67. The van der Waals surface area contributed by atoms with Gasteiger partial charge in [-0.05, 0) is 45.1 Å². The molecule has 0 aliphatic heterocycles. The van der Waals surface area contributed by atoms with Gasteiger partial charge in [0.15, 0.2) is 0 Å². The molecule has 6 nitrogen and oxygen atoms in total. The van der Waals surface area contributed by atoms with Crippen LogP contribution >= 0.6 is 0 Å². The van der Waals surface area contributed by atoms with Crippen molar-refractivity contribution in [2.45, 2.75) is 37.6 Å². The molecule has 1 aromatic carbocycles. The first-order chi connectivity index (χ1) is 12.6. The van der Waals surface area contributed by atoms with Crippen molar-refractivity contribution in [2.75, 3.05) is 33.1 Å². The number of carbonyl (C=O) groups is 1. The maximum atomic E-state index is 8.36. The van der Waals surface area contributed by atoms with E-state index in [4.69, 9.17) is 19.6 Å². The Bertz CT molecular complexity index is 713. The number of para-hydroxylation sites is 1. The molecule has 0 atom stereocenters. The highest BCUT2D eigenvalue weighted by molar-refractivity contribution is 5.85. The molecule has 142 valence electrons. The Morgan fingerprint density at radius 3 is 2.54 bits per heavy atom. The highest BCUT2D eigenvalue weighted by Crippen LogP contribution is 2.32. The molecule has 1 heterocycles. The molecule has 1 aliphatic carbocycles. The van der Waals surface area contributed by atoms with Crippen LogP contribution in [-0.4, -0.2) is 54.8 Å². The molecule has 6 heteroatoms. The van der Waals surface area contributed by atoms with E-state index in [0.717, 1.165) is 29.0 Å². The van der Waals surface area contributed by atoms with Gasteiger partial charge in [-0.15, -0.1) is 0 Å². The van der Waals surface area contributed by atoms with Gasteiger partial charge in [0.2, 0.25) is 0 Å². The van der Waals surface area contributed by atoms with Crippen LogP contribution in [0.2, 0.25) is 0 Å². The van der Waals surface area contributed by atoms with E-state index in [9.17, 15) is 0 Å². The number of fused-ring (bicyclic) bond motifs is 1. The van der Waals surface area contributed by atoms with Crippen molar-refractivity contribution in [3.05, 3.63) is 30.3 Å². The molecule has 1 saturated carbocycles. The summed E-state index contributed by atoms with van der Waals surface area (Å²) in [4.78, 5) is 15.5. The van der Waals surface area contributed by atoms with Gasteiger partial charge in [-0.2, -0.15) is 0 Å². The normalized spacial score (nSPS) is 15.8. The van der Waals surface area contributed by atoms with Crippen molar-refractivity contribution in [3.8, 4) is 5.75 Å². The van der Waals surface area contributed by atoms with Crippen LogP contribution in [0.3, 0.4) is 0 Å². The molecule has 0 bridgehead atoms. The molecule has 3 rings (SSSR count). The number of nitrogens with zero attached hydrogens (tertiary/aromatic N) is 2. The van der Waals surface area contributed by atoms with Gasteiger partial charge in [-0.25, -0.2) is 4.98 Å². The number of hydrogen-bond acceptors (Lipinski definition) is 5. The molecule has 2 aromatic rings. The Hall–Kier alpha value is -2.34. The Labute approximate surface area is 155 Å². The topological polar surface area (TPSA) is 74.7 Å². The van der Waals surface area contributed by atoms with Gasteiger partial charge < -0.3 is 20.1 Å². The molecule has 0 saturated heterocycles. The van der Waals surface area contributed by atoms with Crippen LogP contribution < -0.4 is 10.1 Å². The van der Waals surface area contributed by atoms with E-state index in [-0.39, 0.29) is 12.0 Å². The number of ether oxygens (including phenoxy) is 1. The summed E-state index contributed by atoms with van der Waals surface area (Å²) in [5, 5.41) is 11.6. The zero-order chi connectivity index (χ0) is 19.0. The number of hydrogen-bond donors (Lipinski definition) is 2. The number of pyridine rings is 1. The van der Waals surface area contributed by atoms with Crippen LogP contribution in [0.5, 0.6) is 5.75 Å². The highest BCUT2D eigenvalue weighted by atomic mass is 16.5. The summed E-state index contributed by atoms with van der Waals surface area (Å²) in [5.41, 5.74) is 1.16. The molecule has 26 heavy (non-hydrogen) atoms. The number of carboxylic acid groups (broad SMARTS) is 1. The van der Waals surface area contributed by atoms with E-state index < -0.39 is 0 Å². The smallest absolute Gasteiger partial charge is 0.290 e. The molecule has 1 fully saturated rings. The van der Waals surface area contributed by atoms with Gasteiger partial charge in [0.1, 0.15) is 17.1 Å². The monoisotopic (exact) mass is 359 g/mol. The standard InChI is InChI=1S/C19H27N3O.CH2O2/c1-22(2)19(12-5-4-6-13-19)14-20-17-11-10-15-8-7-9-16(23-3)18(15)21-17;2-1-3/h7-11H,4-6,12-14H2,1-3H3,(H,20,21);1H,(H,2,3). The molecule has 1 aliphatic rings. The first kappa shape index (κ1) is 20.0. The summed E-state index contributed by atoms with van der Waals surface area (Å²) in [6.07, 6.45) is 6.51. The van der Waals surface area contributed by atoms with Crippen LogP contribution in [0.1, 0.15) is 32.1 Å². The fourth-order valence-corrected chi connectivity index (χ4v) is 3.63. The fourth-order valence-electron chi connectivity index (χ4n) is 3.63. The van der Waals surface area contributed by atoms with E-state index >= 15 is 0 Å². The second-order valence-electron chi connectivity index (χ2n) is 6.87.